The molecule has 1 aliphatic heterocycles. The fraction of sp³-hybridized carbons (Fsp3) is 0.348. The zero-order valence-electron chi connectivity index (χ0n) is 17.8. The Morgan fingerprint density at radius 2 is 1.87 bits per heavy atom. The first kappa shape index (κ1) is 21.5. The number of likely N-dealkylation sites (tertiary alicyclic amines) is 1. The number of sulfonamides is 1. The van der Waals surface area contributed by atoms with Crippen LogP contribution in [0.25, 0.3) is 10.9 Å². The molecule has 2 aromatic carbocycles. The van der Waals surface area contributed by atoms with Crippen LogP contribution in [0.15, 0.2) is 47.4 Å². The fourth-order valence-electron chi connectivity index (χ4n) is 4.59. The quantitative estimate of drug-likeness (QED) is 0.566. The molecule has 1 aliphatic rings. The standard InChI is InChI=1S/C23H28N4O3S/c1-15-7-8-18(13-21(15)31(24,29)30)26-22(28)14-27-11-9-17(10-12-27)23-16(2)25-20-6-4-3-5-19(20)23/h3-8,13,17,25H,9-12,14H2,1-2H3,(H,26,28)(H2,24,29,30). The molecular weight excluding hydrogens is 412 g/mol. The molecule has 0 saturated carbocycles. The largest absolute Gasteiger partial charge is 0.358 e. The van der Waals surface area contributed by atoms with Gasteiger partial charge < -0.3 is 10.3 Å². The van der Waals surface area contributed by atoms with E-state index in [1.54, 1.807) is 19.1 Å². The van der Waals surface area contributed by atoms with Gasteiger partial charge in [0.1, 0.15) is 0 Å². The number of carbonyl (C=O) groups is 1. The Labute approximate surface area is 182 Å². The Balaban J connectivity index is 1.37. The predicted molar refractivity (Wildman–Crippen MR) is 123 cm³/mol. The van der Waals surface area contributed by atoms with Crippen LogP contribution in [0.4, 0.5) is 5.69 Å². The Kier molecular flexibility index (Phi) is 5.88. The van der Waals surface area contributed by atoms with E-state index in [-0.39, 0.29) is 17.3 Å². The van der Waals surface area contributed by atoms with Gasteiger partial charge in [0.25, 0.3) is 0 Å². The molecule has 4 N–H and O–H groups in total. The van der Waals surface area contributed by atoms with Gasteiger partial charge in [-0.3, -0.25) is 9.69 Å². The molecule has 8 heteroatoms. The third-order valence-corrected chi connectivity index (χ3v) is 7.14. The molecule has 1 saturated heterocycles. The lowest BCUT2D eigenvalue weighted by Crippen LogP contribution is -2.38. The Morgan fingerprint density at radius 3 is 2.58 bits per heavy atom. The van der Waals surface area contributed by atoms with Crippen molar-refractivity contribution in [3.05, 3.63) is 59.3 Å². The number of hydrogen-bond donors (Lipinski definition) is 3. The van der Waals surface area contributed by atoms with Crippen LogP contribution in [0, 0.1) is 13.8 Å². The van der Waals surface area contributed by atoms with Crippen molar-refractivity contribution in [2.75, 3.05) is 25.0 Å². The monoisotopic (exact) mass is 440 g/mol. The molecule has 1 aromatic heterocycles. The van der Waals surface area contributed by atoms with Crippen molar-refractivity contribution in [3.8, 4) is 0 Å². The number of H-pyrrole nitrogens is 1. The van der Waals surface area contributed by atoms with Gasteiger partial charge in [-0.1, -0.05) is 24.3 Å². The minimum atomic E-state index is -3.83. The number of benzene rings is 2. The van der Waals surface area contributed by atoms with Crippen molar-refractivity contribution < 1.29 is 13.2 Å². The SMILES string of the molecule is Cc1ccc(NC(=O)CN2CCC(c3c(C)[nH]c4ccccc34)CC2)cc1S(N)(=O)=O. The molecule has 3 aromatic rings. The van der Waals surface area contributed by atoms with Gasteiger partial charge in [-0.2, -0.15) is 0 Å². The van der Waals surface area contributed by atoms with E-state index in [0.29, 0.717) is 17.2 Å². The van der Waals surface area contributed by atoms with E-state index in [1.165, 1.54) is 28.2 Å². The van der Waals surface area contributed by atoms with E-state index in [1.807, 2.05) is 6.07 Å². The first-order valence-electron chi connectivity index (χ1n) is 10.5. The summed E-state index contributed by atoms with van der Waals surface area (Å²) in [5.41, 5.74) is 4.78. The average Bonchev–Trinajstić information content (AvgIpc) is 3.05. The molecule has 2 heterocycles. The predicted octanol–water partition coefficient (Wildman–Crippen LogP) is 3.25. The number of fused-ring (bicyclic) bond motifs is 1. The highest BCUT2D eigenvalue weighted by Gasteiger charge is 2.25. The van der Waals surface area contributed by atoms with E-state index in [9.17, 15) is 13.2 Å². The number of amides is 1. The molecule has 7 nitrogen and oxygen atoms in total. The lowest BCUT2D eigenvalue weighted by atomic mass is 9.87. The van der Waals surface area contributed by atoms with E-state index in [2.05, 4.69) is 40.3 Å². The van der Waals surface area contributed by atoms with Gasteiger partial charge in [-0.05, 0) is 75.0 Å². The second kappa shape index (κ2) is 8.45. The second-order valence-electron chi connectivity index (χ2n) is 8.33. The first-order valence-corrected chi connectivity index (χ1v) is 12.0. The highest BCUT2D eigenvalue weighted by atomic mass is 32.2. The fourth-order valence-corrected chi connectivity index (χ4v) is 5.40. The molecule has 0 atom stereocenters. The van der Waals surface area contributed by atoms with Crippen molar-refractivity contribution in [2.24, 2.45) is 5.14 Å². The zero-order valence-corrected chi connectivity index (χ0v) is 18.6. The minimum absolute atomic E-state index is 0.0280. The molecule has 0 spiro atoms. The summed E-state index contributed by atoms with van der Waals surface area (Å²) >= 11 is 0. The molecule has 0 aliphatic carbocycles. The van der Waals surface area contributed by atoms with Crippen LogP contribution in [-0.2, 0) is 14.8 Å². The van der Waals surface area contributed by atoms with Crippen LogP contribution in [-0.4, -0.2) is 43.8 Å². The molecule has 0 unspecified atom stereocenters. The number of aromatic amines is 1. The number of nitrogens with one attached hydrogen (secondary N) is 2. The van der Waals surface area contributed by atoms with Crippen LogP contribution in [0.1, 0.15) is 35.6 Å². The van der Waals surface area contributed by atoms with Gasteiger partial charge in [-0.25, -0.2) is 13.6 Å². The summed E-state index contributed by atoms with van der Waals surface area (Å²) in [4.78, 5) is 18.2. The van der Waals surface area contributed by atoms with Crippen molar-refractivity contribution >= 4 is 32.5 Å². The summed E-state index contributed by atoms with van der Waals surface area (Å²) < 4.78 is 23.4. The molecule has 0 bridgehead atoms. The first-order chi connectivity index (χ1) is 14.7. The van der Waals surface area contributed by atoms with Crippen LogP contribution in [0.3, 0.4) is 0 Å². The van der Waals surface area contributed by atoms with E-state index >= 15 is 0 Å². The Bertz CT molecular complexity index is 1220. The number of aryl methyl sites for hydroxylation is 2. The minimum Gasteiger partial charge on any atom is -0.358 e. The number of primary sulfonamides is 1. The number of piperidine rings is 1. The molecular formula is C23H28N4O3S. The zero-order chi connectivity index (χ0) is 22.2. The number of para-hydroxylation sites is 1. The third kappa shape index (κ3) is 4.66. The number of nitrogens with zero attached hydrogens (tertiary/aromatic N) is 1. The normalized spacial score (nSPS) is 16.0. The van der Waals surface area contributed by atoms with Crippen LogP contribution >= 0.6 is 0 Å². The number of hydrogen-bond acceptors (Lipinski definition) is 4. The number of rotatable bonds is 5. The van der Waals surface area contributed by atoms with Crippen LogP contribution in [0.2, 0.25) is 0 Å². The van der Waals surface area contributed by atoms with Gasteiger partial charge >= 0.3 is 0 Å². The van der Waals surface area contributed by atoms with Gasteiger partial charge in [-0.15, -0.1) is 0 Å². The van der Waals surface area contributed by atoms with Crippen LogP contribution < -0.4 is 10.5 Å². The van der Waals surface area contributed by atoms with E-state index < -0.39 is 10.0 Å². The average molecular weight is 441 g/mol. The molecule has 1 fully saturated rings. The highest BCUT2D eigenvalue weighted by molar-refractivity contribution is 7.89. The number of anilines is 1. The molecule has 0 radical (unpaired) electrons. The summed E-state index contributed by atoms with van der Waals surface area (Å²) in [5.74, 6) is 0.316. The molecule has 4 rings (SSSR count). The number of aromatic nitrogens is 1. The summed E-state index contributed by atoms with van der Waals surface area (Å²) in [5, 5.41) is 9.34. The summed E-state index contributed by atoms with van der Waals surface area (Å²) in [7, 11) is -3.83. The summed E-state index contributed by atoms with van der Waals surface area (Å²) in [6, 6.07) is 13.1. The Morgan fingerprint density at radius 1 is 1.16 bits per heavy atom. The molecule has 1 amide bonds. The van der Waals surface area contributed by atoms with Crippen LogP contribution in [0.5, 0.6) is 0 Å². The lowest BCUT2D eigenvalue weighted by molar-refractivity contribution is -0.117. The smallest absolute Gasteiger partial charge is 0.238 e. The third-order valence-electron chi connectivity index (χ3n) is 6.08. The maximum absolute atomic E-state index is 12.5. The van der Waals surface area contributed by atoms with Gasteiger partial charge in [0, 0.05) is 22.3 Å². The Hall–Kier alpha value is -2.68. The van der Waals surface area contributed by atoms with Gasteiger partial charge in [0.2, 0.25) is 15.9 Å². The topological polar surface area (TPSA) is 108 Å². The van der Waals surface area contributed by atoms with E-state index in [0.717, 1.165) is 25.9 Å². The second-order valence-corrected chi connectivity index (χ2v) is 9.86. The van der Waals surface area contributed by atoms with E-state index in [4.69, 9.17) is 5.14 Å². The number of carbonyl (C=O) groups excluding carboxylic acids is 1. The maximum atomic E-state index is 12.5. The number of nitrogens with two attached hydrogens (primary N) is 1. The highest BCUT2D eigenvalue weighted by Crippen LogP contribution is 2.35. The molecule has 164 valence electrons. The van der Waals surface area contributed by atoms with Crippen molar-refractivity contribution in [1.29, 1.82) is 0 Å². The van der Waals surface area contributed by atoms with Crippen molar-refractivity contribution in [2.45, 2.75) is 37.5 Å². The summed E-state index contributed by atoms with van der Waals surface area (Å²) in [6.45, 7) is 5.76. The summed E-state index contributed by atoms with van der Waals surface area (Å²) in [6.07, 6.45) is 1.99. The van der Waals surface area contributed by atoms with Crippen molar-refractivity contribution in [1.82, 2.24) is 9.88 Å². The van der Waals surface area contributed by atoms with Crippen molar-refractivity contribution in [3.63, 3.8) is 0 Å². The lowest BCUT2D eigenvalue weighted by Gasteiger charge is -2.31. The molecule has 31 heavy (non-hydrogen) atoms. The maximum Gasteiger partial charge on any atom is 0.238 e. The van der Waals surface area contributed by atoms with Gasteiger partial charge in [0.15, 0.2) is 0 Å². The van der Waals surface area contributed by atoms with Gasteiger partial charge in [0.05, 0.1) is 11.4 Å².